The molecule has 3 aromatic carbocycles. The summed E-state index contributed by atoms with van der Waals surface area (Å²) in [4.78, 5) is 11.3. The third kappa shape index (κ3) is 4.92. The van der Waals surface area contributed by atoms with Crippen molar-refractivity contribution >= 4 is 33.3 Å². The fraction of sp³-hybridized carbons (Fsp3) is 0.136. The summed E-state index contributed by atoms with van der Waals surface area (Å²) < 4.78 is 67.0. The van der Waals surface area contributed by atoms with Gasteiger partial charge in [-0.05, 0) is 29.3 Å². The number of esters is 1. The molecule has 3 rings (SSSR count). The zero-order valence-corrected chi connectivity index (χ0v) is 18.9. The van der Waals surface area contributed by atoms with Crippen LogP contribution in [0.15, 0.2) is 53.4 Å². The lowest BCUT2D eigenvalue weighted by atomic mass is 9.99. The molecule has 0 unspecified atom stereocenters. The van der Waals surface area contributed by atoms with Crippen molar-refractivity contribution in [2.75, 3.05) is 18.9 Å². The molecule has 2 N–H and O–H groups in total. The van der Waals surface area contributed by atoms with Gasteiger partial charge in [0.05, 0.1) is 37.1 Å². The lowest BCUT2D eigenvalue weighted by Crippen LogP contribution is -2.17. The van der Waals surface area contributed by atoms with E-state index in [1.54, 1.807) is 18.2 Å². The highest BCUT2D eigenvalue weighted by atomic mass is 35.5. The molecule has 0 saturated heterocycles. The van der Waals surface area contributed by atoms with Gasteiger partial charge in [0.25, 0.3) is 10.0 Å². The summed E-state index contributed by atoms with van der Waals surface area (Å²) >= 11 is 6.06. The molecule has 0 atom stereocenters. The Balaban J connectivity index is 2.14. The molecule has 0 aromatic heterocycles. The topological polar surface area (TPSA) is 102 Å². The van der Waals surface area contributed by atoms with Crippen molar-refractivity contribution in [1.29, 1.82) is 0 Å². The average molecular weight is 498 g/mol. The van der Waals surface area contributed by atoms with Gasteiger partial charge >= 0.3 is 5.97 Å². The Morgan fingerprint density at radius 1 is 1.06 bits per heavy atom. The van der Waals surface area contributed by atoms with E-state index in [4.69, 9.17) is 16.3 Å². The standard InChI is InChI=1S/C22H18ClF2NO6S/c1-31-21-16(23)7-13(22(28)32-2)8-20(21)33(29,30)26-19-9-15(17(24)10-18(19)25)14-6-4-3-5-12(14)11-27/h3-10,26-27H,11H2,1-2H3. The van der Waals surface area contributed by atoms with Crippen molar-refractivity contribution in [3.05, 3.63) is 76.3 Å². The zero-order chi connectivity index (χ0) is 24.3. The third-order valence-corrected chi connectivity index (χ3v) is 6.35. The largest absolute Gasteiger partial charge is 0.494 e. The van der Waals surface area contributed by atoms with Crippen LogP contribution in [0.25, 0.3) is 11.1 Å². The van der Waals surface area contributed by atoms with Crippen molar-refractivity contribution in [1.82, 2.24) is 0 Å². The third-order valence-electron chi connectivity index (χ3n) is 4.70. The van der Waals surface area contributed by atoms with Crippen molar-refractivity contribution < 1.29 is 36.6 Å². The van der Waals surface area contributed by atoms with Gasteiger partial charge in [-0.3, -0.25) is 4.72 Å². The number of carbonyl (C=O) groups is 1. The van der Waals surface area contributed by atoms with E-state index in [0.29, 0.717) is 11.6 Å². The number of hydrogen-bond acceptors (Lipinski definition) is 6. The molecule has 0 amide bonds. The van der Waals surface area contributed by atoms with Crippen LogP contribution in [0.2, 0.25) is 5.02 Å². The van der Waals surface area contributed by atoms with E-state index < -0.39 is 44.8 Å². The number of aliphatic hydroxyl groups is 1. The minimum Gasteiger partial charge on any atom is -0.494 e. The molecule has 0 bridgehead atoms. The number of halogens is 3. The fourth-order valence-electron chi connectivity index (χ4n) is 3.16. The molecular weight excluding hydrogens is 480 g/mol. The Morgan fingerprint density at radius 3 is 2.39 bits per heavy atom. The first-order chi connectivity index (χ1) is 15.6. The van der Waals surface area contributed by atoms with E-state index in [1.807, 2.05) is 4.72 Å². The summed E-state index contributed by atoms with van der Waals surface area (Å²) in [7, 11) is -2.30. The summed E-state index contributed by atoms with van der Waals surface area (Å²) in [5.74, 6) is -3.28. The second kappa shape index (κ2) is 9.74. The van der Waals surface area contributed by atoms with Crippen LogP contribution in [-0.2, 0) is 21.4 Å². The fourth-order valence-corrected chi connectivity index (χ4v) is 4.78. The van der Waals surface area contributed by atoms with E-state index in [1.165, 1.54) is 13.2 Å². The maximum Gasteiger partial charge on any atom is 0.337 e. The van der Waals surface area contributed by atoms with Crippen LogP contribution in [0.5, 0.6) is 5.75 Å². The van der Waals surface area contributed by atoms with Crippen LogP contribution in [0.4, 0.5) is 14.5 Å². The van der Waals surface area contributed by atoms with Crippen molar-refractivity contribution in [2.45, 2.75) is 11.5 Å². The van der Waals surface area contributed by atoms with Crippen LogP contribution in [0.1, 0.15) is 15.9 Å². The molecular formula is C22H18ClF2NO6S. The van der Waals surface area contributed by atoms with E-state index >= 15 is 0 Å². The van der Waals surface area contributed by atoms with Crippen molar-refractivity contribution in [3.63, 3.8) is 0 Å². The van der Waals surface area contributed by atoms with Gasteiger partial charge in [0.15, 0.2) is 5.75 Å². The average Bonchev–Trinajstić information content (AvgIpc) is 2.79. The molecule has 0 aliphatic carbocycles. The van der Waals surface area contributed by atoms with Crippen LogP contribution in [0.3, 0.4) is 0 Å². The zero-order valence-electron chi connectivity index (χ0n) is 17.4. The molecule has 33 heavy (non-hydrogen) atoms. The summed E-state index contributed by atoms with van der Waals surface area (Å²) in [6.45, 7) is -0.413. The predicted molar refractivity (Wildman–Crippen MR) is 118 cm³/mol. The second-order valence-electron chi connectivity index (χ2n) is 6.71. The number of sulfonamides is 1. The normalized spacial score (nSPS) is 11.2. The van der Waals surface area contributed by atoms with E-state index in [0.717, 1.165) is 25.3 Å². The van der Waals surface area contributed by atoms with Gasteiger partial charge in [0, 0.05) is 11.6 Å². The first kappa shape index (κ1) is 24.4. The number of ether oxygens (including phenoxy) is 2. The monoisotopic (exact) mass is 497 g/mol. The lowest BCUT2D eigenvalue weighted by Gasteiger charge is -2.16. The number of aliphatic hydroxyl groups excluding tert-OH is 1. The predicted octanol–water partition coefficient (Wildman–Crippen LogP) is 4.37. The molecule has 174 valence electrons. The Bertz CT molecular complexity index is 1330. The Kier molecular flexibility index (Phi) is 7.21. The Morgan fingerprint density at radius 2 is 1.76 bits per heavy atom. The van der Waals surface area contributed by atoms with Gasteiger partial charge in [-0.15, -0.1) is 0 Å². The number of hydrogen-bond donors (Lipinski definition) is 2. The molecule has 0 saturated carbocycles. The SMILES string of the molecule is COC(=O)c1cc(Cl)c(OC)c(S(=O)(=O)Nc2cc(-c3ccccc3CO)c(F)cc2F)c1. The second-order valence-corrected chi connectivity index (χ2v) is 8.77. The van der Waals surface area contributed by atoms with Crippen LogP contribution in [0, 0.1) is 11.6 Å². The minimum atomic E-state index is -4.57. The van der Waals surface area contributed by atoms with Gasteiger partial charge in [-0.1, -0.05) is 35.9 Å². The van der Waals surface area contributed by atoms with Gasteiger partial charge in [0.1, 0.15) is 16.5 Å². The number of carbonyl (C=O) groups excluding carboxylic acids is 1. The van der Waals surface area contributed by atoms with Crippen LogP contribution in [-0.4, -0.2) is 33.7 Å². The van der Waals surface area contributed by atoms with E-state index in [2.05, 4.69) is 4.74 Å². The van der Waals surface area contributed by atoms with Crippen molar-refractivity contribution in [2.24, 2.45) is 0 Å². The molecule has 0 aliphatic heterocycles. The highest BCUT2D eigenvalue weighted by molar-refractivity contribution is 7.92. The molecule has 0 spiro atoms. The molecule has 0 heterocycles. The van der Waals surface area contributed by atoms with Crippen LogP contribution < -0.4 is 9.46 Å². The highest BCUT2D eigenvalue weighted by Crippen LogP contribution is 2.36. The maximum atomic E-state index is 14.6. The Hall–Kier alpha value is -3.21. The number of nitrogens with one attached hydrogen (secondary N) is 1. The smallest absolute Gasteiger partial charge is 0.337 e. The lowest BCUT2D eigenvalue weighted by molar-refractivity contribution is 0.0600. The molecule has 0 aliphatic rings. The van der Waals surface area contributed by atoms with Gasteiger partial charge in [0.2, 0.25) is 0 Å². The number of anilines is 1. The number of methoxy groups -OCH3 is 2. The van der Waals surface area contributed by atoms with E-state index in [-0.39, 0.29) is 27.5 Å². The first-order valence-corrected chi connectivity index (χ1v) is 11.2. The van der Waals surface area contributed by atoms with Gasteiger partial charge in [-0.25, -0.2) is 22.0 Å². The molecule has 7 nitrogen and oxygen atoms in total. The van der Waals surface area contributed by atoms with Crippen molar-refractivity contribution in [3.8, 4) is 16.9 Å². The van der Waals surface area contributed by atoms with Crippen LogP contribution >= 0.6 is 11.6 Å². The Labute approximate surface area is 193 Å². The van der Waals surface area contributed by atoms with E-state index in [9.17, 15) is 27.1 Å². The number of benzene rings is 3. The van der Waals surface area contributed by atoms with Gasteiger partial charge < -0.3 is 14.6 Å². The summed E-state index contributed by atoms with van der Waals surface area (Å²) in [5.41, 5.74) is -0.268. The first-order valence-electron chi connectivity index (χ1n) is 9.29. The summed E-state index contributed by atoms with van der Waals surface area (Å²) in [5, 5.41) is 9.34. The molecule has 11 heteroatoms. The maximum absolute atomic E-state index is 14.6. The summed E-state index contributed by atoms with van der Waals surface area (Å²) in [6, 6.07) is 9.88. The summed E-state index contributed by atoms with van der Waals surface area (Å²) in [6.07, 6.45) is 0. The molecule has 3 aromatic rings. The molecule has 0 radical (unpaired) electrons. The number of rotatable bonds is 7. The van der Waals surface area contributed by atoms with Gasteiger partial charge in [-0.2, -0.15) is 0 Å². The molecule has 0 fully saturated rings. The quantitative estimate of drug-likeness (QED) is 0.470. The minimum absolute atomic E-state index is 0.132. The highest BCUT2D eigenvalue weighted by Gasteiger charge is 2.26.